The summed E-state index contributed by atoms with van der Waals surface area (Å²) < 4.78 is 6.37. The fourth-order valence-electron chi connectivity index (χ4n) is 2.81. The first-order valence-corrected chi connectivity index (χ1v) is 8.82. The zero-order valence-corrected chi connectivity index (χ0v) is 16.0. The van der Waals surface area contributed by atoms with E-state index in [2.05, 4.69) is 4.98 Å². The number of methoxy groups -OCH3 is 1. The Bertz CT molecular complexity index is 1020. The minimum Gasteiger partial charge on any atom is -0.467 e. The molecule has 1 unspecified atom stereocenters. The van der Waals surface area contributed by atoms with Crippen molar-refractivity contribution in [2.24, 2.45) is 12.0 Å². The highest BCUT2D eigenvalue weighted by Crippen LogP contribution is 2.21. The molecule has 2 aromatic carbocycles. The van der Waals surface area contributed by atoms with Crippen molar-refractivity contribution in [3.8, 4) is 0 Å². The van der Waals surface area contributed by atoms with Crippen LogP contribution in [0.4, 0.5) is 0 Å². The second-order valence-electron chi connectivity index (χ2n) is 6.26. The predicted molar refractivity (Wildman–Crippen MR) is 107 cm³/mol. The molecule has 0 saturated carbocycles. The monoisotopic (exact) mass is 375 g/mol. The van der Waals surface area contributed by atoms with Crippen LogP contribution in [0.15, 0.2) is 76.5 Å². The maximum Gasteiger partial charge on any atom is 0.336 e. The van der Waals surface area contributed by atoms with Crippen molar-refractivity contribution in [3.63, 3.8) is 0 Å². The van der Waals surface area contributed by atoms with E-state index in [1.54, 1.807) is 14.0 Å². The lowest BCUT2D eigenvalue weighted by molar-refractivity contribution is -0.142. The highest BCUT2D eigenvalue weighted by molar-refractivity contribution is 6.13. The molecule has 3 rings (SSSR count). The van der Waals surface area contributed by atoms with Crippen LogP contribution in [0.1, 0.15) is 28.7 Å². The maximum absolute atomic E-state index is 12.5. The van der Waals surface area contributed by atoms with Gasteiger partial charge in [-0.3, -0.25) is 9.79 Å². The molecule has 1 aromatic heterocycles. The lowest BCUT2D eigenvalue weighted by atomic mass is 10.0. The Balaban J connectivity index is 2.21. The van der Waals surface area contributed by atoms with E-state index in [0.29, 0.717) is 11.5 Å². The van der Waals surface area contributed by atoms with Crippen molar-refractivity contribution in [2.45, 2.75) is 13.0 Å². The first-order chi connectivity index (χ1) is 13.5. The lowest BCUT2D eigenvalue weighted by Gasteiger charge is -2.15. The summed E-state index contributed by atoms with van der Waals surface area (Å²) in [5.41, 5.74) is 2.33. The first kappa shape index (κ1) is 19.2. The molecular weight excluding hydrogens is 354 g/mol. The van der Waals surface area contributed by atoms with Crippen LogP contribution in [0.2, 0.25) is 0 Å². The first-order valence-electron chi connectivity index (χ1n) is 8.82. The zero-order chi connectivity index (χ0) is 20.1. The van der Waals surface area contributed by atoms with Gasteiger partial charge in [-0.1, -0.05) is 60.7 Å². The SMILES string of the molecule is COC(=O)C(N=C(c1ccccc1)c1ccccc1)c1cc(=O)n(C)c(C)n1. The summed E-state index contributed by atoms with van der Waals surface area (Å²) in [7, 11) is 2.92. The minimum absolute atomic E-state index is 0.257. The van der Waals surface area contributed by atoms with Crippen LogP contribution < -0.4 is 5.56 Å². The summed E-state index contributed by atoms with van der Waals surface area (Å²) in [6, 6.07) is 19.4. The molecule has 28 heavy (non-hydrogen) atoms. The van der Waals surface area contributed by atoms with Crippen LogP contribution in [0.5, 0.6) is 0 Å². The van der Waals surface area contributed by atoms with E-state index in [4.69, 9.17) is 9.73 Å². The molecule has 0 N–H and O–H groups in total. The summed E-state index contributed by atoms with van der Waals surface area (Å²) in [4.78, 5) is 33.9. The summed E-state index contributed by atoms with van der Waals surface area (Å²) in [5, 5.41) is 0. The summed E-state index contributed by atoms with van der Waals surface area (Å²) in [5.74, 6) is -0.0860. The van der Waals surface area contributed by atoms with Crippen molar-refractivity contribution < 1.29 is 9.53 Å². The topological polar surface area (TPSA) is 73.5 Å². The molecule has 0 radical (unpaired) electrons. The number of carbonyl (C=O) groups is 1. The molecule has 6 nitrogen and oxygen atoms in total. The molecule has 0 fully saturated rings. The Morgan fingerprint density at radius 1 is 1.04 bits per heavy atom. The summed E-state index contributed by atoms with van der Waals surface area (Å²) in [6.07, 6.45) is 0. The molecule has 0 aliphatic carbocycles. The highest BCUT2D eigenvalue weighted by Gasteiger charge is 2.25. The Kier molecular flexibility index (Phi) is 5.79. The number of aryl methyl sites for hydroxylation is 1. The average molecular weight is 375 g/mol. The molecule has 0 saturated heterocycles. The van der Waals surface area contributed by atoms with Gasteiger partial charge in [0.25, 0.3) is 5.56 Å². The number of carbonyl (C=O) groups excluding carboxylic acids is 1. The van der Waals surface area contributed by atoms with E-state index < -0.39 is 12.0 Å². The van der Waals surface area contributed by atoms with Gasteiger partial charge in [-0.15, -0.1) is 0 Å². The second kappa shape index (κ2) is 8.43. The number of esters is 1. The van der Waals surface area contributed by atoms with E-state index in [1.165, 1.54) is 17.7 Å². The van der Waals surface area contributed by atoms with Crippen molar-refractivity contribution in [2.75, 3.05) is 7.11 Å². The fraction of sp³-hybridized carbons (Fsp3) is 0.182. The van der Waals surface area contributed by atoms with E-state index >= 15 is 0 Å². The molecule has 0 aliphatic heterocycles. The molecule has 3 aromatic rings. The third-order valence-corrected chi connectivity index (χ3v) is 4.44. The lowest BCUT2D eigenvalue weighted by Crippen LogP contribution is -2.24. The predicted octanol–water partition coefficient (Wildman–Crippen LogP) is 2.84. The van der Waals surface area contributed by atoms with Gasteiger partial charge in [0.2, 0.25) is 0 Å². The van der Waals surface area contributed by atoms with Gasteiger partial charge in [0.1, 0.15) is 5.82 Å². The minimum atomic E-state index is -1.05. The number of rotatable bonds is 5. The molecule has 0 amide bonds. The van der Waals surface area contributed by atoms with Crippen LogP contribution >= 0.6 is 0 Å². The van der Waals surface area contributed by atoms with Gasteiger partial charge in [-0.25, -0.2) is 9.78 Å². The van der Waals surface area contributed by atoms with Crippen molar-refractivity contribution in [3.05, 3.63) is 99.7 Å². The summed E-state index contributed by atoms with van der Waals surface area (Å²) >= 11 is 0. The van der Waals surface area contributed by atoms with Gasteiger partial charge in [-0.05, 0) is 6.92 Å². The van der Waals surface area contributed by atoms with Crippen LogP contribution in [0, 0.1) is 6.92 Å². The standard InChI is InChI=1S/C22H21N3O3/c1-15-23-18(14-19(26)25(15)2)21(22(27)28-3)24-20(16-10-6-4-7-11-16)17-12-8-5-9-13-17/h4-14,21H,1-3H3. The second-order valence-corrected chi connectivity index (χ2v) is 6.26. The van der Waals surface area contributed by atoms with Gasteiger partial charge in [0.05, 0.1) is 18.5 Å². The highest BCUT2D eigenvalue weighted by atomic mass is 16.5. The van der Waals surface area contributed by atoms with E-state index in [0.717, 1.165) is 11.1 Å². The molecule has 0 bridgehead atoms. The van der Waals surface area contributed by atoms with Crippen LogP contribution in [0.3, 0.4) is 0 Å². The van der Waals surface area contributed by atoms with Crippen LogP contribution in [-0.4, -0.2) is 28.3 Å². The number of nitrogens with zero attached hydrogens (tertiary/aromatic N) is 3. The van der Waals surface area contributed by atoms with Crippen LogP contribution in [-0.2, 0) is 16.6 Å². The quantitative estimate of drug-likeness (QED) is 0.508. The largest absolute Gasteiger partial charge is 0.467 e. The maximum atomic E-state index is 12.5. The van der Waals surface area contributed by atoms with E-state index in [1.807, 2.05) is 60.7 Å². The molecule has 0 spiro atoms. The molecule has 6 heteroatoms. The molecule has 142 valence electrons. The van der Waals surface area contributed by atoms with Gasteiger partial charge < -0.3 is 9.30 Å². The fourth-order valence-corrected chi connectivity index (χ4v) is 2.81. The molecule has 1 heterocycles. The number of hydrogen-bond acceptors (Lipinski definition) is 5. The Hall–Kier alpha value is -3.54. The van der Waals surface area contributed by atoms with Crippen LogP contribution in [0.25, 0.3) is 0 Å². The zero-order valence-electron chi connectivity index (χ0n) is 16.0. The Morgan fingerprint density at radius 2 is 1.57 bits per heavy atom. The van der Waals surface area contributed by atoms with Gasteiger partial charge in [-0.2, -0.15) is 0 Å². The molecule has 1 atom stereocenters. The third kappa shape index (κ3) is 4.06. The Morgan fingerprint density at radius 3 is 2.04 bits per heavy atom. The van der Waals surface area contributed by atoms with Crippen molar-refractivity contribution in [1.82, 2.24) is 9.55 Å². The van der Waals surface area contributed by atoms with E-state index in [-0.39, 0.29) is 11.3 Å². The number of ether oxygens (including phenoxy) is 1. The summed E-state index contributed by atoms with van der Waals surface area (Å²) in [6.45, 7) is 1.71. The van der Waals surface area contributed by atoms with Gasteiger partial charge in [0, 0.05) is 24.2 Å². The number of aliphatic imine (C=N–C) groups is 1. The molecular formula is C22H21N3O3. The molecule has 0 aliphatic rings. The number of benzene rings is 2. The Labute approximate surface area is 163 Å². The number of hydrogen-bond donors (Lipinski definition) is 0. The van der Waals surface area contributed by atoms with Crippen molar-refractivity contribution >= 4 is 11.7 Å². The van der Waals surface area contributed by atoms with Crippen molar-refractivity contribution in [1.29, 1.82) is 0 Å². The third-order valence-electron chi connectivity index (χ3n) is 4.44. The number of aromatic nitrogens is 2. The average Bonchev–Trinajstić information content (AvgIpc) is 2.73. The van der Waals surface area contributed by atoms with Gasteiger partial charge >= 0.3 is 5.97 Å². The normalized spacial score (nSPS) is 11.5. The van der Waals surface area contributed by atoms with Gasteiger partial charge in [0.15, 0.2) is 6.04 Å². The van der Waals surface area contributed by atoms with E-state index in [9.17, 15) is 9.59 Å². The smallest absolute Gasteiger partial charge is 0.336 e.